The molecular formula is C44H45F3N8O9. The van der Waals surface area contributed by atoms with Gasteiger partial charge in [0.15, 0.2) is 11.6 Å². The predicted molar refractivity (Wildman–Crippen MR) is 221 cm³/mol. The summed E-state index contributed by atoms with van der Waals surface area (Å²) in [6.45, 7) is 1.97. The van der Waals surface area contributed by atoms with Gasteiger partial charge in [-0.15, -0.1) is 13.2 Å². The van der Waals surface area contributed by atoms with Crippen molar-refractivity contribution < 1.29 is 56.2 Å². The SMILES string of the molecule is NC(=O)c1cc(-c2cn(CCCC(=O)NCCCNc3cccc4c3C(=O)C(C3CCC(=O)NC3=O)C4=O)cn2)cnc1OC1CCN(C(=O)Cc2ccc(OC(F)(F)F)cc2)CC1. The van der Waals surface area contributed by atoms with Crippen molar-refractivity contribution >= 4 is 46.8 Å². The van der Waals surface area contributed by atoms with Crippen LogP contribution in [0.15, 0.2) is 67.3 Å². The lowest BCUT2D eigenvalue weighted by atomic mass is 9.82. The van der Waals surface area contributed by atoms with E-state index in [1.807, 2.05) is 4.57 Å². The number of pyridine rings is 1. The summed E-state index contributed by atoms with van der Waals surface area (Å²) in [7, 11) is 0. The zero-order chi connectivity index (χ0) is 45.5. The van der Waals surface area contributed by atoms with Gasteiger partial charge >= 0.3 is 6.36 Å². The summed E-state index contributed by atoms with van der Waals surface area (Å²) in [5, 5.41) is 8.28. The van der Waals surface area contributed by atoms with Gasteiger partial charge in [-0.3, -0.25) is 38.9 Å². The van der Waals surface area contributed by atoms with Gasteiger partial charge in [-0.2, -0.15) is 0 Å². The van der Waals surface area contributed by atoms with E-state index in [1.165, 1.54) is 18.3 Å². The van der Waals surface area contributed by atoms with E-state index in [0.29, 0.717) is 80.9 Å². The second kappa shape index (κ2) is 19.5. The number of rotatable bonds is 17. The number of nitrogens with one attached hydrogen (secondary N) is 3. The van der Waals surface area contributed by atoms with Crippen LogP contribution in [0.3, 0.4) is 0 Å². The second-order valence-electron chi connectivity index (χ2n) is 15.7. The summed E-state index contributed by atoms with van der Waals surface area (Å²) < 4.78 is 49.1. The molecule has 0 saturated carbocycles. The lowest BCUT2D eigenvalue weighted by Crippen LogP contribution is -2.46. The first-order valence-electron chi connectivity index (χ1n) is 20.8. The zero-order valence-electron chi connectivity index (χ0n) is 34.4. The minimum Gasteiger partial charge on any atom is -0.474 e. The Balaban J connectivity index is 0.817. The summed E-state index contributed by atoms with van der Waals surface area (Å²) in [5.74, 6) is -5.35. The fraction of sp³-hybridized carbons (Fsp3) is 0.386. The molecule has 64 heavy (non-hydrogen) atoms. The van der Waals surface area contributed by atoms with Crippen molar-refractivity contribution in [2.75, 3.05) is 31.5 Å². The molecule has 2 unspecified atom stereocenters. The third-order valence-corrected chi connectivity index (χ3v) is 11.3. The van der Waals surface area contributed by atoms with Gasteiger partial charge in [-0.25, -0.2) is 9.97 Å². The molecule has 4 aromatic rings. The number of fused-ring (bicyclic) bond motifs is 1. The Morgan fingerprint density at radius 1 is 0.938 bits per heavy atom. The first kappa shape index (κ1) is 44.9. The summed E-state index contributed by atoms with van der Waals surface area (Å²) in [6.07, 6.45) is 2.11. The minimum absolute atomic E-state index is 0.00696. The van der Waals surface area contributed by atoms with E-state index in [0.717, 1.165) is 12.1 Å². The number of aromatic nitrogens is 3. The number of Topliss-reactive ketones (excluding diaryl/α,β-unsaturated/α-hetero) is 2. The van der Waals surface area contributed by atoms with Gasteiger partial charge in [-0.1, -0.05) is 24.3 Å². The van der Waals surface area contributed by atoms with E-state index in [9.17, 15) is 46.7 Å². The van der Waals surface area contributed by atoms with Gasteiger partial charge < -0.3 is 35.3 Å². The van der Waals surface area contributed by atoms with Crippen LogP contribution in [-0.2, 0) is 32.1 Å². The summed E-state index contributed by atoms with van der Waals surface area (Å²) in [4.78, 5) is 98.9. The quantitative estimate of drug-likeness (QED) is 0.0670. The molecule has 5 amide bonds. The molecule has 2 aromatic heterocycles. The number of carbonyl (C=O) groups is 7. The maximum Gasteiger partial charge on any atom is 0.573 e. The maximum atomic E-state index is 13.4. The molecule has 2 saturated heterocycles. The number of halogens is 3. The van der Waals surface area contributed by atoms with Crippen LogP contribution in [0.5, 0.6) is 11.6 Å². The molecule has 3 aliphatic rings. The average molecular weight is 887 g/mol. The summed E-state index contributed by atoms with van der Waals surface area (Å²) >= 11 is 0. The number of likely N-dealkylation sites (tertiary alicyclic amines) is 1. The van der Waals surface area contributed by atoms with Crippen molar-refractivity contribution in [2.24, 2.45) is 17.6 Å². The Kier molecular flexibility index (Phi) is 13.7. The van der Waals surface area contributed by atoms with Crippen LogP contribution in [0.4, 0.5) is 18.9 Å². The van der Waals surface area contributed by atoms with Gasteiger partial charge in [-0.05, 0) is 49.1 Å². The monoisotopic (exact) mass is 886 g/mol. The normalized spacial score (nSPS) is 17.8. The number of anilines is 1. The van der Waals surface area contributed by atoms with Crippen molar-refractivity contribution in [1.29, 1.82) is 0 Å². The summed E-state index contributed by atoms with van der Waals surface area (Å²) in [5.41, 5.74) is 8.30. The van der Waals surface area contributed by atoms with Crippen LogP contribution in [-0.4, -0.2) is 99.2 Å². The van der Waals surface area contributed by atoms with E-state index in [1.54, 1.807) is 41.7 Å². The number of hydrogen-bond acceptors (Lipinski definition) is 12. The lowest BCUT2D eigenvalue weighted by molar-refractivity contribution is -0.274. The molecule has 4 heterocycles. The van der Waals surface area contributed by atoms with Gasteiger partial charge in [0.2, 0.25) is 29.5 Å². The molecule has 0 bridgehead atoms. The smallest absolute Gasteiger partial charge is 0.474 e. The van der Waals surface area contributed by atoms with Crippen LogP contribution in [0.2, 0.25) is 0 Å². The number of hydrogen-bond donors (Lipinski definition) is 4. The van der Waals surface area contributed by atoms with Gasteiger partial charge in [0.05, 0.1) is 35.8 Å². The Bertz CT molecular complexity index is 2450. The molecule has 17 nitrogen and oxygen atoms in total. The van der Waals surface area contributed by atoms with E-state index < -0.39 is 47.5 Å². The van der Waals surface area contributed by atoms with Crippen molar-refractivity contribution in [3.05, 3.63) is 89.5 Å². The highest BCUT2D eigenvalue weighted by Gasteiger charge is 2.48. The Labute approximate surface area is 364 Å². The van der Waals surface area contributed by atoms with Crippen molar-refractivity contribution in [3.8, 4) is 22.9 Å². The van der Waals surface area contributed by atoms with Crippen molar-refractivity contribution in [1.82, 2.24) is 30.1 Å². The number of ether oxygens (including phenoxy) is 2. The van der Waals surface area contributed by atoms with Crippen LogP contribution < -0.4 is 31.2 Å². The van der Waals surface area contributed by atoms with E-state index >= 15 is 0 Å². The Morgan fingerprint density at radius 2 is 1.70 bits per heavy atom. The standard InChI is InChI=1S/C44H45F3N8O9/c45-44(46,47)64-28-9-7-25(8-10-28)20-36(58)55-18-13-27(14-19-55)63-43-31(41(48)61)21-26(22-51-43)33-23-54(24-52-33)17-2-6-34(56)50-16-3-15-49-32-5-1-4-29-37(32)40(60)38(39(29)59)30-11-12-35(57)53-42(30)62/h1,4-5,7-10,21-24,27,30,38,49H,2-3,6,11-20H2,(H2,48,61)(H,50,56)(H,53,57,62). The van der Waals surface area contributed by atoms with Crippen LogP contribution in [0, 0.1) is 11.8 Å². The molecule has 0 radical (unpaired) electrons. The molecule has 20 heteroatoms. The molecule has 0 spiro atoms. The fourth-order valence-corrected chi connectivity index (χ4v) is 8.03. The second-order valence-corrected chi connectivity index (χ2v) is 15.7. The highest BCUT2D eigenvalue weighted by molar-refractivity contribution is 6.30. The molecule has 5 N–H and O–H groups in total. The Hall–Kier alpha value is -7.12. The molecule has 2 aromatic carbocycles. The van der Waals surface area contributed by atoms with Crippen molar-refractivity contribution in [2.45, 2.75) is 70.4 Å². The number of amides is 5. The molecule has 7 rings (SSSR count). The molecule has 2 fully saturated rings. The summed E-state index contributed by atoms with van der Waals surface area (Å²) in [6, 6.07) is 11.6. The van der Waals surface area contributed by atoms with Crippen molar-refractivity contribution in [3.63, 3.8) is 0 Å². The topological polar surface area (TPSA) is 234 Å². The number of carbonyl (C=O) groups excluding carboxylic acids is 7. The van der Waals surface area contributed by atoms with Gasteiger partial charge in [0.25, 0.3) is 5.91 Å². The average Bonchev–Trinajstić information content (AvgIpc) is 3.83. The first-order valence-corrected chi connectivity index (χ1v) is 20.8. The zero-order valence-corrected chi connectivity index (χ0v) is 34.4. The first-order chi connectivity index (χ1) is 30.6. The van der Waals surface area contributed by atoms with E-state index in [-0.39, 0.29) is 71.9 Å². The molecular weight excluding hydrogens is 842 g/mol. The number of imide groups is 1. The van der Waals surface area contributed by atoms with Gasteiger partial charge in [0.1, 0.15) is 17.4 Å². The fourth-order valence-electron chi connectivity index (χ4n) is 8.03. The largest absolute Gasteiger partial charge is 0.573 e. The number of primary amides is 1. The van der Waals surface area contributed by atoms with Crippen LogP contribution in [0.1, 0.15) is 81.6 Å². The minimum atomic E-state index is -4.80. The van der Waals surface area contributed by atoms with Crippen LogP contribution in [0.25, 0.3) is 11.3 Å². The lowest BCUT2D eigenvalue weighted by Gasteiger charge is -2.32. The highest BCUT2D eigenvalue weighted by atomic mass is 19.4. The number of ketones is 2. The number of nitrogens with zero attached hydrogens (tertiary/aromatic N) is 4. The predicted octanol–water partition coefficient (Wildman–Crippen LogP) is 4.00. The van der Waals surface area contributed by atoms with Crippen LogP contribution >= 0.6 is 0 Å². The molecule has 2 aliphatic heterocycles. The number of piperidine rings is 2. The molecule has 336 valence electrons. The number of alkyl halides is 3. The number of nitrogens with two attached hydrogens (primary N) is 1. The third kappa shape index (κ3) is 10.9. The third-order valence-electron chi connectivity index (χ3n) is 11.3. The van der Waals surface area contributed by atoms with E-state index in [2.05, 4.69) is 30.7 Å². The maximum absolute atomic E-state index is 13.4. The van der Waals surface area contributed by atoms with Gasteiger partial charge in [0, 0.05) is 87.6 Å². The Morgan fingerprint density at radius 3 is 2.42 bits per heavy atom. The van der Waals surface area contributed by atoms with E-state index in [4.69, 9.17) is 10.5 Å². The molecule has 1 aliphatic carbocycles. The number of imidazole rings is 1. The highest BCUT2D eigenvalue weighted by Crippen LogP contribution is 2.38. The number of benzene rings is 2. The number of aryl methyl sites for hydroxylation is 1. The molecule has 2 atom stereocenters.